The molecule has 1 aromatic carbocycles. The number of halogens is 1. The van der Waals surface area contributed by atoms with Crippen LogP contribution in [-0.4, -0.2) is 77.2 Å². The molecule has 1 aliphatic carbocycles. The molecule has 1 saturated carbocycles. The van der Waals surface area contributed by atoms with Crippen LogP contribution in [0.15, 0.2) is 61.4 Å². The number of aromatic nitrogens is 7. The lowest BCUT2D eigenvalue weighted by atomic mass is 9.89. The first-order valence-corrected chi connectivity index (χ1v) is 13.7. The molecule has 11 nitrogen and oxygen atoms in total. The fourth-order valence-electron chi connectivity index (χ4n) is 5.56. The zero-order valence-corrected chi connectivity index (χ0v) is 22.5. The Balaban J connectivity index is 1.05. The number of rotatable bonds is 6. The van der Waals surface area contributed by atoms with Crippen LogP contribution in [0.2, 0.25) is 0 Å². The standard InChI is InChI=1S/C29H30FN9O2/c1-29(41,19-2-4-21(30)5-3-19)20-14-31-28(32-15-20)38-10-8-37(9-11-38)27-22-12-23(36-26(22)33-17-34-27)18-13-35-39(16-18)24-6-7-25(24)40/h2-5,12-17,24-25,40-41H,6-11H2,1H3,(H,33,34,36)/t24-,25-,29-/m0/s1. The predicted octanol–water partition coefficient (Wildman–Crippen LogP) is 3.03. The number of fused-ring (bicyclic) bond motifs is 1. The zero-order valence-electron chi connectivity index (χ0n) is 22.5. The number of hydrogen-bond acceptors (Lipinski definition) is 9. The Hall–Kier alpha value is -4.42. The van der Waals surface area contributed by atoms with Gasteiger partial charge in [-0.15, -0.1) is 0 Å². The van der Waals surface area contributed by atoms with Crippen molar-refractivity contribution in [2.45, 2.75) is 37.5 Å². The molecule has 41 heavy (non-hydrogen) atoms. The van der Waals surface area contributed by atoms with E-state index in [1.54, 1.807) is 37.8 Å². The van der Waals surface area contributed by atoms with Gasteiger partial charge in [-0.3, -0.25) is 4.68 Å². The van der Waals surface area contributed by atoms with Crippen LogP contribution in [0, 0.1) is 5.82 Å². The summed E-state index contributed by atoms with van der Waals surface area (Å²) in [6.07, 6.45) is 10.0. The SMILES string of the molecule is C[C@](O)(c1ccc(F)cc1)c1cnc(N2CCN(c3ncnc4[nH]c(-c5cnn([C@H]6CC[C@@H]6O)c5)cc34)CC2)nc1. The third kappa shape index (κ3) is 4.58. The van der Waals surface area contributed by atoms with Gasteiger partial charge in [0.25, 0.3) is 0 Å². The van der Waals surface area contributed by atoms with Crippen LogP contribution in [0.4, 0.5) is 16.2 Å². The number of aromatic amines is 1. The van der Waals surface area contributed by atoms with Gasteiger partial charge in [0.15, 0.2) is 0 Å². The molecule has 2 fully saturated rings. The van der Waals surface area contributed by atoms with Crippen molar-refractivity contribution in [1.29, 1.82) is 0 Å². The summed E-state index contributed by atoms with van der Waals surface area (Å²) in [6, 6.07) is 7.89. The molecule has 3 N–H and O–H groups in total. The predicted molar refractivity (Wildman–Crippen MR) is 151 cm³/mol. The minimum atomic E-state index is -1.34. The molecular formula is C29H30FN9O2. The number of aliphatic hydroxyl groups excluding tert-OH is 1. The van der Waals surface area contributed by atoms with Gasteiger partial charge in [0, 0.05) is 55.9 Å². The Kier molecular flexibility index (Phi) is 6.16. The van der Waals surface area contributed by atoms with Crippen molar-refractivity contribution in [3.05, 3.63) is 78.4 Å². The molecule has 210 valence electrons. The molecule has 3 atom stereocenters. The van der Waals surface area contributed by atoms with E-state index in [4.69, 9.17) is 0 Å². The summed E-state index contributed by atoms with van der Waals surface area (Å²) >= 11 is 0. The van der Waals surface area contributed by atoms with Gasteiger partial charge in [0.1, 0.15) is 29.2 Å². The summed E-state index contributed by atoms with van der Waals surface area (Å²) in [7, 11) is 0. The summed E-state index contributed by atoms with van der Waals surface area (Å²) in [5, 5.41) is 26.5. The fraction of sp³-hybridized carbons (Fsp3) is 0.345. The topological polar surface area (TPSA) is 132 Å². The van der Waals surface area contributed by atoms with E-state index in [0.717, 1.165) is 54.0 Å². The minimum absolute atomic E-state index is 0.0444. The first-order valence-electron chi connectivity index (χ1n) is 13.7. The number of nitrogens with zero attached hydrogens (tertiary/aromatic N) is 8. The molecule has 4 aromatic heterocycles. The lowest BCUT2D eigenvalue weighted by Crippen LogP contribution is -2.47. The molecule has 1 aliphatic heterocycles. The number of piperazine rings is 1. The fourth-order valence-corrected chi connectivity index (χ4v) is 5.56. The van der Waals surface area contributed by atoms with Gasteiger partial charge in [-0.1, -0.05) is 12.1 Å². The molecule has 0 bridgehead atoms. The van der Waals surface area contributed by atoms with Crippen LogP contribution < -0.4 is 9.80 Å². The van der Waals surface area contributed by atoms with E-state index >= 15 is 0 Å². The summed E-state index contributed by atoms with van der Waals surface area (Å²) in [5.74, 6) is 1.10. The second-order valence-corrected chi connectivity index (χ2v) is 10.9. The van der Waals surface area contributed by atoms with Crippen molar-refractivity contribution in [3.8, 4) is 11.3 Å². The van der Waals surface area contributed by atoms with E-state index in [2.05, 4.69) is 45.9 Å². The smallest absolute Gasteiger partial charge is 0.225 e. The molecule has 7 rings (SSSR count). The maximum atomic E-state index is 13.3. The highest BCUT2D eigenvalue weighted by molar-refractivity contribution is 5.91. The van der Waals surface area contributed by atoms with Crippen LogP contribution in [0.5, 0.6) is 0 Å². The number of aliphatic hydroxyl groups is 2. The summed E-state index contributed by atoms with van der Waals surface area (Å²) in [6.45, 7) is 4.50. The van der Waals surface area contributed by atoms with Gasteiger partial charge >= 0.3 is 0 Å². The second-order valence-electron chi connectivity index (χ2n) is 10.9. The number of anilines is 2. The number of H-pyrrole nitrogens is 1. The maximum Gasteiger partial charge on any atom is 0.225 e. The summed E-state index contributed by atoms with van der Waals surface area (Å²) < 4.78 is 15.2. The third-order valence-electron chi connectivity index (χ3n) is 8.33. The van der Waals surface area contributed by atoms with Crippen molar-refractivity contribution in [1.82, 2.24) is 34.7 Å². The van der Waals surface area contributed by atoms with Gasteiger partial charge < -0.3 is 25.0 Å². The highest BCUT2D eigenvalue weighted by Gasteiger charge is 2.31. The Morgan fingerprint density at radius 1 is 0.927 bits per heavy atom. The van der Waals surface area contributed by atoms with Crippen LogP contribution in [0.3, 0.4) is 0 Å². The largest absolute Gasteiger partial charge is 0.391 e. The quantitative estimate of drug-likeness (QED) is 0.289. The molecule has 0 spiro atoms. The zero-order chi connectivity index (χ0) is 28.1. The van der Waals surface area contributed by atoms with Crippen molar-refractivity contribution >= 4 is 22.8 Å². The monoisotopic (exact) mass is 555 g/mol. The van der Waals surface area contributed by atoms with E-state index < -0.39 is 5.60 Å². The van der Waals surface area contributed by atoms with E-state index in [0.29, 0.717) is 30.2 Å². The van der Waals surface area contributed by atoms with E-state index in [1.165, 1.54) is 12.1 Å². The molecular weight excluding hydrogens is 525 g/mol. The lowest BCUT2D eigenvalue weighted by Gasteiger charge is -2.35. The summed E-state index contributed by atoms with van der Waals surface area (Å²) in [5.41, 5.74) is 2.38. The molecule has 5 aromatic rings. The van der Waals surface area contributed by atoms with Gasteiger partial charge in [-0.2, -0.15) is 5.10 Å². The number of benzene rings is 1. The first-order chi connectivity index (χ1) is 19.9. The number of nitrogens with one attached hydrogen (secondary N) is 1. The number of hydrogen-bond donors (Lipinski definition) is 3. The average molecular weight is 556 g/mol. The molecule has 0 amide bonds. The Morgan fingerprint density at radius 2 is 1.66 bits per heavy atom. The highest BCUT2D eigenvalue weighted by atomic mass is 19.1. The first kappa shape index (κ1) is 25.5. The average Bonchev–Trinajstić information content (AvgIpc) is 3.64. The van der Waals surface area contributed by atoms with E-state index in [9.17, 15) is 14.6 Å². The van der Waals surface area contributed by atoms with Crippen molar-refractivity contribution in [2.75, 3.05) is 36.0 Å². The van der Waals surface area contributed by atoms with Gasteiger partial charge in [-0.05, 0) is 43.5 Å². The lowest BCUT2D eigenvalue weighted by molar-refractivity contribution is 0.0254. The Bertz CT molecular complexity index is 1680. The molecule has 2 aliphatic rings. The Morgan fingerprint density at radius 3 is 2.34 bits per heavy atom. The minimum Gasteiger partial charge on any atom is -0.391 e. The molecule has 1 saturated heterocycles. The van der Waals surface area contributed by atoms with Crippen molar-refractivity contribution in [3.63, 3.8) is 0 Å². The molecule has 0 radical (unpaired) electrons. The van der Waals surface area contributed by atoms with Crippen molar-refractivity contribution < 1.29 is 14.6 Å². The van der Waals surface area contributed by atoms with E-state index in [-0.39, 0.29) is 18.0 Å². The molecule has 12 heteroatoms. The summed E-state index contributed by atoms with van der Waals surface area (Å²) in [4.78, 5) is 25.9. The van der Waals surface area contributed by atoms with Crippen LogP contribution in [-0.2, 0) is 5.60 Å². The molecule has 5 heterocycles. The maximum absolute atomic E-state index is 13.3. The van der Waals surface area contributed by atoms with Gasteiger partial charge in [-0.25, -0.2) is 24.3 Å². The molecule has 0 unspecified atom stereocenters. The highest BCUT2D eigenvalue weighted by Crippen LogP contribution is 2.34. The van der Waals surface area contributed by atoms with Gasteiger partial charge in [0.2, 0.25) is 5.95 Å². The van der Waals surface area contributed by atoms with E-state index in [1.807, 2.05) is 17.1 Å². The second kappa shape index (κ2) is 9.89. The third-order valence-corrected chi connectivity index (χ3v) is 8.33. The normalized spacial score (nSPS) is 20.7. The van der Waals surface area contributed by atoms with Crippen LogP contribution in [0.25, 0.3) is 22.3 Å². The van der Waals surface area contributed by atoms with Crippen molar-refractivity contribution in [2.24, 2.45) is 0 Å². The van der Waals surface area contributed by atoms with Gasteiger partial charge in [0.05, 0.1) is 29.4 Å². The van der Waals surface area contributed by atoms with Crippen LogP contribution in [0.1, 0.15) is 36.9 Å². The Labute approximate surface area is 235 Å². The van der Waals surface area contributed by atoms with Crippen LogP contribution >= 0.6 is 0 Å².